The van der Waals surface area contributed by atoms with Crippen molar-refractivity contribution in [1.29, 1.82) is 0 Å². The number of aliphatic hydroxyl groups excluding tert-OH is 2. The van der Waals surface area contributed by atoms with Crippen molar-refractivity contribution in [3.05, 3.63) is 82.4 Å². The molecule has 1 unspecified atom stereocenters. The minimum absolute atomic E-state index is 0.0577. The van der Waals surface area contributed by atoms with Crippen LogP contribution in [0.25, 0.3) is 11.2 Å². The van der Waals surface area contributed by atoms with Crippen LogP contribution in [0.5, 0.6) is 0 Å². The number of hydrogen-bond acceptors (Lipinski definition) is 9. The smallest absolute Gasteiger partial charge is 0.167 e. The average molecular weight is 642 g/mol. The Morgan fingerprint density at radius 1 is 0.915 bits per heavy atom. The van der Waals surface area contributed by atoms with Crippen LogP contribution >= 0.6 is 0 Å². The summed E-state index contributed by atoms with van der Waals surface area (Å²) in [6.07, 6.45) is -0.655. The van der Waals surface area contributed by atoms with Crippen molar-refractivity contribution in [3.63, 3.8) is 0 Å². The molecule has 1 aliphatic heterocycles. The maximum absolute atomic E-state index is 13.4. The zero-order valence-corrected chi connectivity index (χ0v) is 28.7. The zero-order chi connectivity index (χ0) is 34.3. The van der Waals surface area contributed by atoms with Crippen LogP contribution in [0.15, 0.2) is 49.1 Å². The predicted molar refractivity (Wildman–Crippen MR) is 182 cm³/mol. The Bertz CT molecular complexity index is 1730. The van der Waals surface area contributed by atoms with Gasteiger partial charge in [0.2, 0.25) is 0 Å². The van der Waals surface area contributed by atoms with Crippen molar-refractivity contribution in [2.75, 3.05) is 5.32 Å². The van der Waals surface area contributed by atoms with Gasteiger partial charge in [0, 0.05) is 24.9 Å². The number of nitrogens with zero attached hydrogens (tertiary/aromatic N) is 4. The number of aromatic nitrogens is 4. The molecule has 1 saturated heterocycles. The number of carbonyl (C=O) groups excluding carboxylic acids is 2. The summed E-state index contributed by atoms with van der Waals surface area (Å²) in [5.41, 5.74) is 7.35. The van der Waals surface area contributed by atoms with Crippen LogP contribution in [-0.2, 0) is 33.3 Å². The van der Waals surface area contributed by atoms with E-state index >= 15 is 0 Å². The van der Waals surface area contributed by atoms with Gasteiger partial charge in [0.25, 0.3) is 0 Å². The largest absolute Gasteiger partial charge is 0.387 e. The van der Waals surface area contributed by atoms with Crippen molar-refractivity contribution < 1.29 is 24.5 Å². The van der Waals surface area contributed by atoms with Crippen molar-refractivity contribution in [2.45, 2.75) is 117 Å². The highest BCUT2D eigenvalue weighted by Gasteiger charge is 2.47. The number of anilines is 1. The summed E-state index contributed by atoms with van der Waals surface area (Å²) < 4.78 is 7.26. The number of benzene rings is 2. The highest BCUT2D eigenvalue weighted by atomic mass is 16.6. The second kappa shape index (κ2) is 13.3. The Morgan fingerprint density at radius 3 is 2.13 bits per heavy atom. The van der Waals surface area contributed by atoms with Gasteiger partial charge in [-0.3, -0.25) is 14.2 Å². The van der Waals surface area contributed by atoms with Gasteiger partial charge in [0.1, 0.15) is 24.6 Å². The van der Waals surface area contributed by atoms with E-state index in [9.17, 15) is 19.8 Å². The fourth-order valence-corrected chi connectivity index (χ4v) is 6.37. The van der Waals surface area contributed by atoms with Gasteiger partial charge in [-0.2, -0.15) is 0 Å². The lowest BCUT2D eigenvalue weighted by Crippen LogP contribution is -2.35. The van der Waals surface area contributed by atoms with Crippen LogP contribution in [0.3, 0.4) is 0 Å². The predicted octanol–water partition coefficient (Wildman–Crippen LogP) is 5.76. The summed E-state index contributed by atoms with van der Waals surface area (Å²) >= 11 is 0. The average Bonchev–Trinajstić information content (AvgIpc) is 3.58. The first-order valence-electron chi connectivity index (χ1n) is 16.3. The molecule has 10 nitrogen and oxygen atoms in total. The third-order valence-electron chi connectivity index (χ3n) is 9.01. The van der Waals surface area contributed by atoms with Crippen LogP contribution in [0.4, 0.5) is 5.82 Å². The van der Waals surface area contributed by atoms with Gasteiger partial charge >= 0.3 is 0 Å². The lowest BCUT2D eigenvalue weighted by molar-refractivity contribution is -0.135. The van der Waals surface area contributed by atoms with Gasteiger partial charge in [0.05, 0.1) is 6.33 Å². The summed E-state index contributed by atoms with van der Waals surface area (Å²) in [7, 11) is 0. The molecule has 250 valence electrons. The molecule has 3 heterocycles. The lowest BCUT2D eigenvalue weighted by atomic mass is 9.75. The van der Waals surface area contributed by atoms with Crippen LogP contribution in [0.2, 0.25) is 0 Å². The number of carbonyl (C=O) groups is 2. The second-order valence-corrected chi connectivity index (χ2v) is 14.6. The van der Waals surface area contributed by atoms with E-state index in [1.165, 1.54) is 33.9 Å². The lowest BCUT2D eigenvalue weighted by Gasteiger charge is -2.29. The fourth-order valence-electron chi connectivity index (χ4n) is 6.37. The van der Waals surface area contributed by atoms with Gasteiger partial charge < -0.3 is 20.3 Å². The van der Waals surface area contributed by atoms with Crippen molar-refractivity contribution in [3.8, 4) is 0 Å². The summed E-state index contributed by atoms with van der Waals surface area (Å²) in [6, 6.07) is 12.3. The van der Waals surface area contributed by atoms with Gasteiger partial charge in [0.15, 0.2) is 34.8 Å². The fraction of sp³-hybridized carbons (Fsp3) is 0.486. The molecule has 1 aliphatic rings. The highest BCUT2D eigenvalue weighted by molar-refractivity contribution is 5.97. The highest BCUT2D eigenvalue weighted by Crippen LogP contribution is 2.36. The van der Waals surface area contributed by atoms with Crippen LogP contribution in [-0.4, -0.2) is 59.6 Å². The van der Waals surface area contributed by atoms with Gasteiger partial charge in [-0.15, -0.1) is 0 Å². The monoisotopic (exact) mass is 641 g/mol. The van der Waals surface area contributed by atoms with Crippen LogP contribution in [0, 0.1) is 6.92 Å². The molecule has 0 spiro atoms. The third kappa shape index (κ3) is 7.15. The first-order chi connectivity index (χ1) is 22.1. The topological polar surface area (TPSA) is 139 Å². The minimum atomic E-state index is -1.34. The van der Waals surface area contributed by atoms with Crippen LogP contribution < -0.4 is 5.32 Å². The van der Waals surface area contributed by atoms with Gasteiger partial charge in [-0.1, -0.05) is 72.7 Å². The molecule has 0 amide bonds. The number of aryl methyl sites for hydroxylation is 1. The number of Topliss-reactive ketones (excluding diaryl/α,β-unsaturated/α-hetero) is 2. The van der Waals surface area contributed by atoms with E-state index in [1.54, 1.807) is 6.92 Å². The summed E-state index contributed by atoms with van der Waals surface area (Å²) in [5.74, 6) is 0.366. The van der Waals surface area contributed by atoms with E-state index in [1.807, 2.05) is 24.3 Å². The van der Waals surface area contributed by atoms with Crippen molar-refractivity contribution >= 4 is 28.5 Å². The Hall–Kier alpha value is -3.99. The van der Waals surface area contributed by atoms with Gasteiger partial charge in [-0.25, -0.2) is 15.0 Å². The molecule has 0 saturated carbocycles. The van der Waals surface area contributed by atoms with Crippen LogP contribution in [0.1, 0.15) is 106 Å². The Kier molecular flexibility index (Phi) is 9.69. The molecule has 0 radical (unpaired) electrons. The molecule has 5 rings (SSSR count). The molecule has 3 N–H and O–H groups in total. The first kappa shape index (κ1) is 34.3. The quantitative estimate of drug-likeness (QED) is 0.185. The molecule has 2 aromatic heterocycles. The molecule has 2 aromatic carbocycles. The zero-order valence-electron chi connectivity index (χ0n) is 28.7. The number of hydrogen-bond donors (Lipinski definition) is 3. The molecular formula is C37H47N5O5. The summed E-state index contributed by atoms with van der Waals surface area (Å²) in [5, 5.41) is 24.3. The Labute approximate surface area is 276 Å². The Morgan fingerprint density at radius 2 is 1.53 bits per heavy atom. The van der Waals surface area contributed by atoms with E-state index in [0.29, 0.717) is 36.4 Å². The second-order valence-electron chi connectivity index (χ2n) is 14.6. The van der Waals surface area contributed by atoms with E-state index < -0.39 is 24.5 Å². The Balaban J connectivity index is 1.24. The number of fused-ring (bicyclic) bond motifs is 1. The summed E-state index contributed by atoms with van der Waals surface area (Å²) in [6.45, 7) is 17.5. The molecule has 47 heavy (non-hydrogen) atoms. The van der Waals surface area contributed by atoms with E-state index in [2.05, 4.69) is 80.9 Å². The van der Waals surface area contributed by atoms with E-state index in [0.717, 1.165) is 16.7 Å². The number of aliphatic hydroxyl groups is 2. The number of imidazole rings is 1. The summed E-state index contributed by atoms with van der Waals surface area (Å²) in [4.78, 5) is 38.7. The van der Waals surface area contributed by atoms with Crippen molar-refractivity contribution in [2.24, 2.45) is 0 Å². The third-order valence-corrected chi connectivity index (χ3v) is 9.01. The molecular weight excluding hydrogens is 594 g/mol. The maximum Gasteiger partial charge on any atom is 0.167 e. The normalized spacial score (nSPS) is 20.1. The minimum Gasteiger partial charge on any atom is -0.387 e. The number of nitrogens with one attached hydrogen (secondary N) is 1. The maximum atomic E-state index is 13.4. The molecule has 0 aliphatic carbocycles. The first-order valence-corrected chi connectivity index (χ1v) is 16.3. The van der Waals surface area contributed by atoms with Crippen molar-refractivity contribution in [1.82, 2.24) is 19.5 Å². The number of ketones is 2. The van der Waals surface area contributed by atoms with E-state index in [-0.39, 0.29) is 28.8 Å². The molecule has 10 heteroatoms. The SMILES string of the molecule is CCC(=O)[C@H]1O[C@@H](n2cnc3c(NCc4ccc(CCC(=O)c5cc(C(C)(C)C)c(C)c(C(C)(C)C)c5)cc4)ncnc32)[C@@H](O)C1O. The van der Waals surface area contributed by atoms with Gasteiger partial charge in [-0.05, 0) is 64.1 Å². The molecule has 4 aromatic rings. The number of rotatable bonds is 10. The van der Waals surface area contributed by atoms with E-state index in [4.69, 9.17) is 4.74 Å². The molecule has 0 bridgehead atoms. The molecule has 1 fully saturated rings. The standard InChI is InChI=1S/C37H47N5O5/c1-9-27(43)32-30(45)31(46)35(47-32)42-20-41-29-33(39-19-40-34(29)42)38-18-23-12-10-22(11-13-23)14-15-28(44)24-16-25(36(3,4)5)21(2)26(17-24)37(6,7)8/h10-13,16-17,19-20,30-32,35,45-46H,9,14-15,18H2,1-8H3,(H,38,39,40)/t30?,31-,32+,35+/m0/s1. The molecule has 4 atom stereocenters. The number of ether oxygens (including phenoxy) is 1.